The van der Waals surface area contributed by atoms with E-state index in [4.69, 9.17) is 5.73 Å². The highest BCUT2D eigenvalue weighted by molar-refractivity contribution is 5.77. The van der Waals surface area contributed by atoms with Gasteiger partial charge in [0.2, 0.25) is 0 Å². The minimum absolute atomic E-state index is 0. The third-order valence-corrected chi connectivity index (χ3v) is 6.24. The largest absolute Gasteiger partial charge is 1.00 e. The van der Waals surface area contributed by atoms with Crippen molar-refractivity contribution in [3.8, 4) is 11.4 Å². The Kier molecular flexibility index (Phi) is 9.40. The van der Waals surface area contributed by atoms with Gasteiger partial charge in [-0.3, -0.25) is 4.98 Å². The molecule has 0 aliphatic rings. The van der Waals surface area contributed by atoms with Gasteiger partial charge in [0.15, 0.2) is 0 Å². The van der Waals surface area contributed by atoms with Gasteiger partial charge >= 0.3 is 0 Å². The van der Waals surface area contributed by atoms with Crippen molar-refractivity contribution in [2.75, 3.05) is 0 Å². The lowest BCUT2D eigenvalue weighted by Gasteiger charge is -2.16. The van der Waals surface area contributed by atoms with E-state index in [9.17, 15) is 0 Å². The fourth-order valence-corrected chi connectivity index (χ4v) is 4.39. The van der Waals surface area contributed by atoms with E-state index in [-0.39, 0.29) is 12.4 Å². The second-order valence-electron chi connectivity index (χ2n) is 9.35. The number of benzene rings is 3. The molecule has 2 heterocycles. The van der Waals surface area contributed by atoms with Crippen LogP contribution in [0.5, 0.6) is 0 Å². The van der Waals surface area contributed by atoms with Gasteiger partial charge in [0, 0.05) is 34.8 Å². The van der Waals surface area contributed by atoms with Crippen LogP contribution in [0.1, 0.15) is 56.2 Å². The van der Waals surface area contributed by atoms with Crippen molar-refractivity contribution in [3.63, 3.8) is 0 Å². The van der Waals surface area contributed by atoms with Crippen molar-refractivity contribution in [1.29, 1.82) is 0 Å². The summed E-state index contributed by atoms with van der Waals surface area (Å²) >= 11 is 0. The predicted molar refractivity (Wildman–Crippen MR) is 145 cm³/mol. The van der Waals surface area contributed by atoms with E-state index in [1.165, 1.54) is 22.2 Å². The van der Waals surface area contributed by atoms with E-state index in [1.807, 2.05) is 36.5 Å². The Bertz CT molecular complexity index is 1310. The van der Waals surface area contributed by atoms with E-state index in [0.717, 1.165) is 16.8 Å². The fraction of sp³-hybridized carbons (Fsp3) is 0.226. The highest BCUT2D eigenvalue weighted by atomic mass is 35.5. The lowest BCUT2D eigenvalue weighted by atomic mass is 9.92. The average Bonchev–Trinajstić information content (AvgIpc) is 3.38. The van der Waals surface area contributed by atoms with Crippen LogP contribution in [0.15, 0.2) is 104 Å². The smallest absolute Gasteiger partial charge is 0.254 e. The number of nitrogens with two attached hydrogens (primary N) is 1. The molecule has 3 aromatic carbocycles. The first kappa shape index (κ1) is 27.1. The molecule has 0 amide bonds. The standard InChI is InChI=1S/C22H28N3.C9H7N.ClH/c1-16(2)19-9-7-10-20(17(3)4)22(19)25-13-12-24(15-25)21-11-6-5-8-18(21)14-23;1-2-6-9-8(4-1)5-3-7-10-9;/h5-13,15-17H,14,23H2,1-4H3;1-7H;1H/q+1;;/p-1. The van der Waals surface area contributed by atoms with Gasteiger partial charge in [-0.1, -0.05) is 88.4 Å². The zero-order valence-corrected chi connectivity index (χ0v) is 22.2. The monoisotopic (exact) mass is 498 g/mol. The molecule has 0 aliphatic heterocycles. The summed E-state index contributed by atoms with van der Waals surface area (Å²) in [5.41, 5.74) is 13.3. The average molecular weight is 499 g/mol. The maximum atomic E-state index is 5.91. The number of imidazole rings is 1. The molecule has 4 nitrogen and oxygen atoms in total. The molecule has 0 spiro atoms. The lowest BCUT2D eigenvalue weighted by molar-refractivity contribution is -0.596. The van der Waals surface area contributed by atoms with Crippen LogP contribution in [0.4, 0.5) is 0 Å². The second kappa shape index (κ2) is 12.5. The zero-order chi connectivity index (χ0) is 24.8. The molecule has 36 heavy (non-hydrogen) atoms. The number of hydrogen-bond acceptors (Lipinski definition) is 2. The normalized spacial score (nSPS) is 10.8. The highest BCUT2D eigenvalue weighted by Crippen LogP contribution is 2.28. The van der Waals surface area contributed by atoms with Crippen LogP contribution in [0, 0.1) is 0 Å². The maximum Gasteiger partial charge on any atom is 0.254 e. The molecule has 0 saturated carbocycles. The number of rotatable bonds is 5. The quantitative estimate of drug-likeness (QED) is 0.376. The highest BCUT2D eigenvalue weighted by Gasteiger charge is 2.20. The van der Waals surface area contributed by atoms with Gasteiger partial charge in [0.1, 0.15) is 23.8 Å². The first-order valence-corrected chi connectivity index (χ1v) is 12.3. The SMILES string of the molecule is CC(C)c1cccc(C(C)C)c1-[n+]1ccn(-c2ccccc2CN)c1.[Cl-].c1ccc2ncccc2c1. The molecular weight excluding hydrogens is 464 g/mol. The Morgan fingerprint density at radius 1 is 0.806 bits per heavy atom. The number of pyridine rings is 1. The van der Waals surface area contributed by atoms with Crippen LogP contribution in [-0.4, -0.2) is 9.55 Å². The summed E-state index contributed by atoms with van der Waals surface area (Å²) < 4.78 is 4.40. The summed E-state index contributed by atoms with van der Waals surface area (Å²) in [4.78, 5) is 4.18. The topological polar surface area (TPSA) is 47.7 Å². The molecule has 0 bridgehead atoms. The molecule has 0 radical (unpaired) electrons. The molecule has 2 N–H and O–H groups in total. The van der Waals surface area contributed by atoms with Crippen LogP contribution in [0.25, 0.3) is 22.3 Å². The third-order valence-electron chi connectivity index (χ3n) is 6.24. The molecule has 186 valence electrons. The fourth-order valence-electron chi connectivity index (χ4n) is 4.39. The first-order chi connectivity index (χ1) is 17.0. The summed E-state index contributed by atoms with van der Waals surface area (Å²) in [5.74, 6) is 0.946. The molecule has 0 unspecified atom stereocenters. The first-order valence-electron chi connectivity index (χ1n) is 12.3. The Morgan fingerprint density at radius 2 is 1.44 bits per heavy atom. The lowest BCUT2D eigenvalue weighted by Crippen LogP contribution is -3.00. The summed E-state index contributed by atoms with van der Waals surface area (Å²) in [5, 5.41) is 1.20. The van der Waals surface area contributed by atoms with Gasteiger partial charge in [-0.2, -0.15) is 0 Å². The molecule has 2 aromatic heterocycles. The van der Waals surface area contributed by atoms with Crippen molar-refractivity contribution in [1.82, 2.24) is 9.55 Å². The summed E-state index contributed by atoms with van der Waals surface area (Å²) in [6.45, 7) is 9.55. The summed E-state index contributed by atoms with van der Waals surface area (Å²) in [6.07, 6.45) is 8.21. The van der Waals surface area contributed by atoms with Gasteiger partial charge in [0.05, 0.1) is 5.52 Å². The minimum atomic E-state index is 0. The Labute approximate surface area is 220 Å². The van der Waals surface area contributed by atoms with Crippen molar-refractivity contribution in [3.05, 3.63) is 120 Å². The van der Waals surface area contributed by atoms with Crippen molar-refractivity contribution >= 4 is 10.9 Å². The molecule has 5 heteroatoms. The summed E-state index contributed by atoms with van der Waals surface area (Å²) in [7, 11) is 0. The molecule has 0 aliphatic carbocycles. The number of aromatic nitrogens is 3. The molecular formula is C31H35ClN4. The van der Waals surface area contributed by atoms with E-state index in [0.29, 0.717) is 18.4 Å². The Balaban J connectivity index is 0.000000273. The van der Waals surface area contributed by atoms with Crippen LogP contribution >= 0.6 is 0 Å². The van der Waals surface area contributed by atoms with Crippen LogP contribution in [0.2, 0.25) is 0 Å². The van der Waals surface area contributed by atoms with E-state index >= 15 is 0 Å². The predicted octanol–water partition coefficient (Wildman–Crippen LogP) is 3.70. The van der Waals surface area contributed by atoms with Gasteiger partial charge < -0.3 is 18.1 Å². The second-order valence-corrected chi connectivity index (χ2v) is 9.35. The number of fused-ring (bicyclic) bond motifs is 1. The maximum absolute atomic E-state index is 5.91. The van der Waals surface area contributed by atoms with Gasteiger partial charge in [-0.25, -0.2) is 9.13 Å². The van der Waals surface area contributed by atoms with Crippen LogP contribution in [0.3, 0.4) is 0 Å². The van der Waals surface area contributed by atoms with Gasteiger partial charge in [-0.05, 0) is 30.0 Å². The number of para-hydroxylation sites is 3. The Hall–Kier alpha value is -3.47. The van der Waals surface area contributed by atoms with Crippen molar-refractivity contribution in [2.45, 2.75) is 46.1 Å². The Morgan fingerprint density at radius 3 is 2.11 bits per heavy atom. The van der Waals surface area contributed by atoms with E-state index in [2.05, 4.69) is 109 Å². The van der Waals surface area contributed by atoms with Gasteiger partial charge in [0.25, 0.3) is 6.33 Å². The van der Waals surface area contributed by atoms with Crippen LogP contribution in [-0.2, 0) is 6.54 Å². The molecule has 0 saturated heterocycles. The summed E-state index contributed by atoms with van der Waals surface area (Å²) in [6, 6.07) is 27.0. The number of hydrogen-bond donors (Lipinski definition) is 1. The van der Waals surface area contributed by atoms with E-state index < -0.39 is 0 Å². The number of halogens is 1. The molecule has 5 rings (SSSR count). The number of nitrogens with zero attached hydrogens (tertiary/aromatic N) is 3. The van der Waals surface area contributed by atoms with Crippen molar-refractivity contribution in [2.24, 2.45) is 5.73 Å². The van der Waals surface area contributed by atoms with Crippen molar-refractivity contribution < 1.29 is 17.0 Å². The molecule has 0 atom stereocenters. The van der Waals surface area contributed by atoms with Crippen LogP contribution < -0.4 is 22.7 Å². The zero-order valence-electron chi connectivity index (χ0n) is 21.5. The minimum Gasteiger partial charge on any atom is -1.00 e. The van der Waals surface area contributed by atoms with E-state index in [1.54, 1.807) is 0 Å². The third kappa shape index (κ3) is 6.01. The molecule has 5 aromatic rings. The van der Waals surface area contributed by atoms with Gasteiger partial charge in [-0.15, -0.1) is 0 Å². The molecule has 0 fully saturated rings.